The topological polar surface area (TPSA) is 87.9 Å². The van der Waals surface area contributed by atoms with Gasteiger partial charge in [0.05, 0.1) is 28.6 Å². The molecule has 0 radical (unpaired) electrons. The Kier molecular flexibility index (Phi) is 5.60. The van der Waals surface area contributed by atoms with Crippen LogP contribution in [0.5, 0.6) is 0 Å². The molecule has 6 rings (SSSR count). The van der Waals surface area contributed by atoms with Gasteiger partial charge in [0.25, 0.3) is 0 Å². The van der Waals surface area contributed by atoms with Crippen molar-refractivity contribution in [1.29, 1.82) is 5.26 Å². The molecule has 0 unspecified atom stereocenters. The van der Waals surface area contributed by atoms with Crippen molar-refractivity contribution in [2.45, 2.75) is 39.2 Å². The van der Waals surface area contributed by atoms with E-state index < -0.39 is 0 Å². The second-order valence-corrected chi connectivity index (χ2v) is 9.53. The Morgan fingerprint density at radius 2 is 1.86 bits per heavy atom. The molecule has 0 saturated heterocycles. The fraction of sp³-hybridized carbons (Fsp3) is 0.207. The fourth-order valence-corrected chi connectivity index (χ4v) is 5.35. The molecule has 7 heteroatoms. The van der Waals surface area contributed by atoms with Crippen molar-refractivity contribution < 1.29 is 9.52 Å². The molecule has 0 spiro atoms. The van der Waals surface area contributed by atoms with Crippen LogP contribution in [0.1, 0.15) is 40.8 Å². The highest BCUT2D eigenvalue weighted by atomic mass is 35.5. The van der Waals surface area contributed by atoms with E-state index in [2.05, 4.69) is 17.3 Å². The van der Waals surface area contributed by atoms with Crippen molar-refractivity contribution in [1.82, 2.24) is 14.8 Å². The van der Waals surface area contributed by atoms with Gasteiger partial charge in [0.1, 0.15) is 11.6 Å². The molecule has 6 nitrogen and oxygen atoms in total. The number of halogens is 1. The Morgan fingerprint density at radius 1 is 1.08 bits per heavy atom. The van der Waals surface area contributed by atoms with Gasteiger partial charge in [-0.3, -0.25) is 0 Å². The summed E-state index contributed by atoms with van der Waals surface area (Å²) in [6, 6.07) is 17.4. The first-order chi connectivity index (χ1) is 17.6. The zero-order valence-corrected chi connectivity index (χ0v) is 20.5. The summed E-state index contributed by atoms with van der Waals surface area (Å²) < 4.78 is 7.96. The van der Waals surface area contributed by atoms with Gasteiger partial charge in [-0.1, -0.05) is 35.9 Å². The summed E-state index contributed by atoms with van der Waals surface area (Å²) in [7, 11) is 0. The van der Waals surface area contributed by atoms with Gasteiger partial charge in [0.15, 0.2) is 5.58 Å². The molecule has 1 aliphatic rings. The summed E-state index contributed by atoms with van der Waals surface area (Å²) in [5, 5.41) is 24.5. The van der Waals surface area contributed by atoms with Crippen LogP contribution in [-0.2, 0) is 19.4 Å². The van der Waals surface area contributed by atoms with Crippen molar-refractivity contribution in [3.63, 3.8) is 0 Å². The highest BCUT2D eigenvalue weighted by Gasteiger charge is 2.20. The molecule has 3 aromatic carbocycles. The van der Waals surface area contributed by atoms with Gasteiger partial charge in [-0.05, 0) is 79.1 Å². The second kappa shape index (κ2) is 8.94. The lowest BCUT2D eigenvalue weighted by Crippen LogP contribution is -2.01. The van der Waals surface area contributed by atoms with Crippen LogP contribution in [0, 0.1) is 18.3 Å². The first kappa shape index (κ1) is 22.5. The quantitative estimate of drug-likeness (QED) is 0.306. The van der Waals surface area contributed by atoms with E-state index in [1.54, 1.807) is 12.1 Å². The minimum Gasteiger partial charge on any atom is -0.435 e. The van der Waals surface area contributed by atoms with Crippen LogP contribution < -0.4 is 0 Å². The molecular formula is C29H23ClN4O2. The van der Waals surface area contributed by atoms with Gasteiger partial charge in [-0.15, -0.1) is 0 Å². The molecule has 0 saturated carbocycles. The molecule has 178 valence electrons. The van der Waals surface area contributed by atoms with Crippen molar-refractivity contribution in [3.8, 4) is 34.3 Å². The predicted octanol–water partition coefficient (Wildman–Crippen LogP) is 6.55. The number of hydrogen-bond acceptors (Lipinski definition) is 5. The van der Waals surface area contributed by atoms with Crippen LogP contribution in [0.15, 0.2) is 59.1 Å². The minimum atomic E-state index is -0.171. The molecule has 2 aromatic heterocycles. The zero-order chi connectivity index (χ0) is 24.8. The lowest BCUT2D eigenvalue weighted by molar-refractivity contribution is 0.282. The normalized spacial score (nSPS) is 13.1. The van der Waals surface area contributed by atoms with Crippen molar-refractivity contribution in [3.05, 3.63) is 87.7 Å². The zero-order valence-electron chi connectivity index (χ0n) is 19.8. The number of nitriles is 1. The molecule has 1 N–H and O–H groups in total. The Morgan fingerprint density at radius 3 is 2.67 bits per heavy atom. The Labute approximate surface area is 213 Å². The number of aryl methyl sites for hydroxylation is 2. The summed E-state index contributed by atoms with van der Waals surface area (Å²) in [6.07, 6.45) is 6.56. The smallest absolute Gasteiger partial charge is 0.227 e. The Hall–Kier alpha value is -3.92. The first-order valence-corrected chi connectivity index (χ1v) is 12.4. The largest absolute Gasteiger partial charge is 0.435 e. The average Bonchev–Trinajstić information content (AvgIpc) is 3.53. The number of aliphatic hydroxyl groups is 1. The maximum absolute atomic E-state index is 9.55. The van der Waals surface area contributed by atoms with Crippen molar-refractivity contribution in [2.24, 2.45) is 0 Å². The van der Waals surface area contributed by atoms with Crippen LogP contribution in [-0.4, -0.2) is 19.9 Å². The summed E-state index contributed by atoms with van der Waals surface area (Å²) >= 11 is 6.99. The maximum atomic E-state index is 9.55. The Balaban J connectivity index is 1.45. The van der Waals surface area contributed by atoms with Crippen molar-refractivity contribution >= 4 is 22.7 Å². The SMILES string of the molecule is Cc1c(-c2nc3cc(CO)cc(C#N)c3o2)cccc1-c1cccc(-n2cc3c(n2)CCCC3)c1Cl. The number of oxazole rings is 1. The van der Waals surface area contributed by atoms with Crippen LogP contribution >= 0.6 is 11.6 Å². The van der Waals surface area contributed by atoms with Gasteiger partial charge in [-0.2, -0.15) is 10.4 Å². The van der Waals surface area contributed by atoms with Crippen LogP contribution in [0.2, 0.25) is 5.02 Å². The van der Waals surface area contributed by atoms with Crippen molar-refractivity contribution in [2.75, 3.05) is 0 Å². The third-order valence-corrected chi connectivity index (χ3v) is 7.32. The maximum Gasteiger partial charge on any atom is 0.227 e. The molecule has 0 fully saturated rings. The van der Waals surface area contributed by atoms with E-state index in [0.29, 0.717) is 33.1 Å². The lowest BCUT2D eigenvalue weighted by atomic mass is 9.96. The molecule has 1 aliphatic carbocycles. The number of rotatable bonds is 4. The highest BCUT2D eigenvalue weighted by molar-refractivity contribution is 6.35. The van der Waals surface area contributed by atoms with Crippen LogP contribution in [0.3, 0.4) is 0 Å². The molecule has 0 bridgehead atoms. The van der Waals surface area contributed by atoms with E-state index in [4.69, 9.17) is 21.1 Å². The lowest BCUT2D eigenvalue weighted by Gasteiger charge is -2.14. The van der Waals surface area contributed by atoms with Crippen LogP contribution in [0.4, 0.5) is 0 Å². The fourth-order valence-electron chi connectivity index (χ4n) is 5.04. The number of fused-ring (bicyclic) bond motifs is 2. The molecular weight excluding hydrogens is 472 g/mol. The second-order valence-electron chi connectivity index (χ2n) is 9.15. The Bertz CT molecular complexity index is 1650. The monoisotopic (exact) mass is 494 g/mol. The molecule has 2 heterocycles. The predicted molar refractivity (Wildman–Crippen MR) is 139 cm³/mol. The summed E-state index contributed by atoms with van der Waals surface area (Å²) in [5.74, 6) is 0.419. The van der Waals surface area contributed by atoms with E-state index in [1.807, 2.05) is 48.0 Å². The number of benzene rings is 3. The molecule has 36 heavy (non-hydrogen) atoms. The summed E-state index contributed by atoms with van der Waals surface area (Å²) in [5.41, 5.74) is 8.89. The van der Waals surface area contributed by atoms with Gasteiger partial charge in [0.2, 0.25) is 5.89 Å². The van der Waals surface area contributed by atoms with E-state index in [1.165, 1.54) is 18.4 Å². The molecule has 0 aliphatic heterocycles. The molecule has 0 atom stereocenters. The van der Waals surface area contributed by atoms with E-state index >= 15 is 0 Å². The van der Waals surface area contributed by atoms with Gasteiger partial charge >= 0.3 is 0 Å². The summed E-state index contributed by atoms with van der Waals surface area (Å²) in [6.45, 7) is 1.84. The molecule has 0 amide bonds. The van der Waals surface area contributed by atoms with E-state index in [0.717, 1.165) is 46.5 Å². The molecule has 5 aromatic rings. The average molecular weight is 495 g/mol. The highest BCUT2D eigenvalue weighted by Crippen LogP contribution is 2.39. The van der Waals surface area contributed by atoms with Gasteiger partial charge in [0, 0.05) is 17.3 Å². The summed E-state index contributed by atoms with van der Waals surface area (Å²) in [4.78, 5) is 4.64. The minimum absolute atomic E-state index is 0.171. The van der Waals surface area contributed by atoms with Gasteiger partial charge in [-0.25, -0.2) is 9.67 Å². The van der Waals surface area contributed by atoms with Gasteiger partial charge < -0.3 is 9.52 Å². The third-order valence-electron chi connectivity index (χ3n) is 6.92. The van der Waals surface area contributed by atoms with E-state index in [-0.39, 0.29) is 6.61 Å². The number of aliphatic hydroxyl groups excluding tert-OH is 1. The third kappa shape index (κ3) is 3.69. The van der Waals surface area contributed by atoms with Crippen LogP contribution in [0.25, 0.3) is 39.4 Å². The first-order valence-electron chi connectivity index (χ1n) is 12.0. The van der Waals surface area contributed by atoms with E-state index in [9.17, 15) is 10.4 Å². The number of nitrogens with zero attached hydrogens (tertiary/aromatic N) is 4. The standard InChI is InChI=1S/C29H23ClN4O2/c1-17-21(23-9-5-11-26(27(23)30)34-15-19-6-2-3-10-24(19)33-34)7-4-8-22(17)29-32-25-13-18(16-35)12-20(14-31)28(25)36-29/h4-5,7-9,11-13,15,35H,2-3,6,10,16H2,1H3. The number of hydrogen-bond donors (Lipinski definition) is 1. The number of aromatic nitrogens is 3.